The smallest absolute Gasteiger partial charge is 0.260 e. The highest BCUT2D eigenvalue weighted by molar-refractivity contribution is 7.99. The number of aromatic amines is 1. The van der Waals surface area contributed by atoms with Crippen molar-refractivity contribution in [2.75, 3.05) is 5.32 Å². The molecule has 32 heavy (non-hydrogen) atoms. The lowest BCUT2D eigenvalue weighted by Crippen LogP contribution is -2.23. The third-order valence-corrected chi connectivity index (χ3v) is 7.29. The Labute approximate surface area is 195 Å². The monoisotopic (exact) mass is 463 g/mol. The molecule has 0 spiro atoms. The maximum Gasteiger partial charge on any atom is 0.260 e. The Hall–Kier alpha value is -2.90. The van der Waals surface area contributed by atoms with Crippen molar-refractivity contribution in [3.05, 3.63) is 81.7 Å². The van der Waals surface area contributed by atoms with Crippen LogP contribution in [0.25, 0.3) is 21.3 Å². The van der Waals surface area contributed by atoms with Gasteiger partial charge in [0.2, 0.25) is 5.91 Å². The summed E-state index contributed by atoms with van der Waals surface area (Å²) in [6, 6.07) is 17.8. The van der Waals surface area contributed by atoms with Crippen molar-refractivity contribution < 1.29 is 4.79 Å². The van der Waals surface area contributed by atoms with Gasteiger partial charge in [0.25, 0.3) is 5.56 Å². The van der Waals surface area contributed by atoms with Crippen molar-refractivity contribution in [3.63, 3.8) is 0 Å². The third kappa shape index (κ3) is 4.95. The van der Waals surface area contributed by atoms with Crippen molar-refractivity contribution in [2.45, 2.75) is 37.7 Å². The van der Waals surface area contributed by atoms with Crippen LogP contribution in [0, 0.1) is 0 Å². The Morgan fingerprint density at radius 3 is 2.50 bits per heavy atom. The second-order valence-corrected chi connectivity index (χ2v) is 10.1. The molecule has 1 atom stereocenters. The maximum atomic E-state index is 12.8. The average molecular weight is 464 g/mol. The predicted molar refractivity (Wildman–Crippen MR) is 136 cm³/mol. The van der Waals surface area contributed by atoms with Crippen LogP contribution in [0.1, 0.15) is 38.1 Å². The van der Waals surface area contributed by atoms with Gasteiger partial charge in [0.1, 0.15) is 10.7 Å². The predicted octanol–water partition coefficient (Wildman–Crippen LogP) is 6.04. The zero-order valence-corrected chi connectivity index (χ0v) is 19.8. The number of hydrogen-bond donors (Lipinski definition) is 2. The Balaban J connectivity index is 1.42. The number of rotatable bonds is 7. The summed E-state index contributed by atoms with van der Waals surface area (Å²) in [4.78, 5) is 33.6. The second kappa shape index (κ2) is 9.71. The van der Waals surface area contributed by atoms with Crippen LogP contribution in [0.4, 0.5) is 5.69 Å². The molecular formula is C25H25N3O2S2. The van der Waals surface area contributed by atoms with Crippen molar-refractivity contribution in [2.24, 2.45) is 0 Å². The average Bonchev–Trinajstić information content (AvgIpc) is 3.23. The lowest BCUT2D eigenvalue weighted by Gasteiger charge is -2.13. The van der Waals surface area contributed by atoms with Gasteiger partial charge in [-0.1, -0.05) is 56.3 Å². The molecule has 0 saturated heterocycles. The van der Waals surface area contributed by atoms with E-state index in [0.717, 1.165) is 16.8 Å². The fraction of sp³-hybridized carbons (Fsp3) is 0.240. The Morgan fingerprint density at radius 1 is 1.09 bits per heavy atom. The first kappa shape index (κ1) is 22.3. The first-order valence-electron chi connectivity index (χ1n) is 10.5. The van der Waals surface area contributed by atoms with Gasteiger partial charge < -0.3 is 10.3 Å². The number of thiophene rings is 1. The highest BCUT2D eigenvalue weighted by atomic mass is 32.2. The topological polar surface area (TPSA) is 74.8 Å². The molecule has 2 N–H and O–H groups in total. The van der Waals surface area contributed by atoms with E-state index in [4.69, 9.17) is 0 Å². The van der Waals surface area contributed by atoms with E-state index in [2.05, 4.69) is 29.1 Å². The number of carbonyl (C=O) groups is 1. The summed E-state index contributed by atoms with van der Waals surface area (Å²) in [6.45, 7) is 6.14. The SMILES string of the molecule is CC(SCc1nc2scc(-c3ccccc3)c2c(=O)[nH]1)C(=O)Nc1ccc(C(C)C)cc1. The van der Waals surface area contributed by atoms with Crippen LogP contribution < -0.4 is 10.9 Å². The summed E-state index contributed by atoms with van der Waals surface area (Å²) in [6.07, 6.45) is 0. The van der Waals surface area contributed by atoms with Crippen LogP contribution in [0.3, 0.4) is 0 Å². The van der Waals surface area contributed by atoms with Crippen LogP contribution in [-0.4, -0.2) is 21.1 Å². The molecule has 2 aromatic carbocycles. The van der Waals surface area contributed by atoms with Gasteiger partial charge in [0.15, 0.2) is 0 Å². The van der Waals surface area contributed by atoms with Gasteiger partial charge in [-0.05, 0) is 36.1 Å². The molecule has 0 bridgehead atoms. The molecule has 5 nitrogen and oxygen atoms in total. The molecule has 0 aliphatic rings. The normalized spacial score (nSPS) is 12.2. The molecule has 0 fully saturated rings. The fourth-order valence-electron chi connectivity index (χ4n) is 3.37. The summed E-state index contributed by atoms with van der Waals surface area (Å²) in [5, 5.41) is 5.26. The van der Waals surface area contributed by atoms with Crippen LogP contribution in [-0.2, 0) is 10.5 Å². The van der Waals surface area contributed by atoms with E-state index in [1.165, 1.54) is 28.7 Å². The number of aromatic nitrogens is 2. The second-order valence-electron chi connectivity index (χ2n) is 7.93. The van der Waals surface area contributed by atoms with Gasteiger partial charge in [-0.25, -0.2) is 4.98 Å². The number of benzene rings is 2. The molecule has 164 valence electrons. The molecule has 4 rings (SSSR count). The van der Waals surface area contributed by atoms with E-state index in [1.54, 1.807) is 0 Å². The van der Waals surface area contributed by atoms with Crippen molar-refractivity contribution in [1.29, 1.82) is 0 Å². The highest BCUT2D eigenvalue weighted by Crippen LogP contribution is 2.31. The molecule has 1 amide bonds. The molecule has 0 aliphatic carbocycles. The molecule has 1 unspecified atom stereocenters. The number of amides is 1. The zero-order valence-electron chi connectivity index (χ0n) is 18.2. The zero-order chi connectivity index (χ0) is 22.7. The van der Waals surface area contributed by atoms with E-state index in [0.29, 0.717) is 27.7 Å². The lowest BCUT2D eigenvalue weighted by molar-refractivity contribution is -0.115. The number of carbonyl (C=O) groups excluding carboxylic acids is 1. The summed E-state index contributed by atoms with van der Waals surface area (Å²) >= 11 is 2.91. The number of thioether (sulfide) groups is 1. The molecule has 0 radical (unpaired) electrons. The molecular weight excluding hydrogens is 438 g/mol. The van der Waals surface area contributed by atoms with E-state index in [1.807, 2.05) is 66.9 Å². The highest BCUT2D eigenvalue weighted by Gasteiger charge is 2.17. The largest absolute Gasteiger partial charge is 0.325 e. The summed E-state index contributed by atoms with van der Waals surface area (Å²) in [5.74, 6) is 1.41. The van der Waals surface area contributed by atoms with Crippen molar-refractivity contribution in [1.82, 2.24) is 9.97 Å². The van der Waals surface area contributed by atoms with E-state index < -0.39 is 0 Å². The standard InChI is InChI=1S/C25H25N3O2S2/c1-15(2)17-9-11-19(12-10-17)26-23(29)16(3)31-14-21-27-24(30)22-20(13-32-25(22)28-21)18-7-5-4-6-8-18/h4-13,15-16H,14H2,1-3H3,(H,26,29)(H,27,28,30). The number of hydrogen-bond acceptors (Lipinski definition) is 5. The Kier molecular flexibility index (Phi) is 6.77. The van der Waals surface area contributed by atoms with Crippen LogP contribution in [0.15, 0.2) is 64.8 Å². The van der Waals surface area contributed by atoms with Crippen molar-refractivity contribution in [3.8, 4) is 11.1 Å². The summed E-state index contributed by atoms with van der Waals surface area (Å²) in [7, 11) is 0. The first-order valence-corrected chi connectivity index (χ1v) is 12.4. The minimum absolute atomic E-state index is 0.0711. The summed E-state index contributed by atoms with van der Waals surface area (Å²) < 4.78 is 0. The first-order chi connectivity index (χ1) is 15.4. The van der Waals surface area contributed by atoms with E-state index in [-0.39, 0.29) is 16.7 Å². The van der Waals surface area contributed by atoms with Crippen LogP contribution in [0.5, 0.6) is 0 Å². The Bertz CT molecular complexity index is 1280. The van der Waals surface area contributed by atoms with Gasteiger partial charge in [-0.3, -0.25) is 9.59 Å². The molecule has 7 heteroatoms. The van der Waals surface area contributed by atoms with E-state index in [9.17, 15) is 9.59 Å². The number of nitrogens with one attached hydrogen (secondary N) is 2. The third-order valence-electron chi connectivity index (χ3n) is 5.26. The van der Waals surface area contributed by atoms with Crippen LogP contribution in [0.2, 0.25) is 0 Å². The minimum Gasteiger partial charge on any atom is -0.325 e. The fourth-order valence-corrected chi connectivity index (χ4v) is 5.09. The molecule has 0 aliphatic heterocycles. The van der Waals surface area contributed by atoms with Gasteiger partial charge >= 0.3 is 0 Å². The number of fused-ring (bicyclic) bond motifs is 1. The lowest BCUT2D eigenvalue weighted by atomic mass is 10.0. The van der Waals surface area contributed by atoms with Gasteiger partial charge in [-0.15, -0.1) is 23.1 Å². The quantitative estimate of drug-likeness (QED) is 0.351. The van der Waals surface area contributed by atoms with E-state index >= 15 is 0 Å². The number of nitrogens with zero attached hydrogens (tertiary/aromatic N) is 1. The molecule has 2 heterocycles. The molecule has 0 saturated carbocycles. The number of H-pyrrole nitrogens is 1. The van der Waals surface area contributed by atoms with Crippen molar-refractivity contribution >= 4 is 44.9 Å². The maximum absolute atomic E-state index is 12.8. The molecule has 2 aromatic heterocycles. The summed E-state index contributed by atoms with van der Waals surface area (Å²) in [5.41, 5.74) is 3.77. The van der Waals surface area contributed by atoms with Crippen LogP contribution >= 0.6 is 23.1 Å². The van der Waals surface area contributed by atoms with Gasteiger partial charge in [0.05, 0.1) is 16.4 Å². The minimum atomic E-state index is -0.288. The number of anilines is 1. The Morgan fingerprint density at radius 2 is 1.81 bits per heavy atom. The molecule has 4 aromatic rings. The van der Waals surface area contributed by atoms with Gasteiger partial charge in [-0.2, -0.15) is 0 Å². The van der Waals surface area contributed by atoms with Gasteiger partial charge in [0, 0.05) is 16.6 Å².